The standard InChI is InChI=1S/C14H21N3O3S/c1-8-7-15-12(21-8)9(2)16-14(20)17-11-6-4-3-5-10(11)13(18)19/h7,9-11H,3-6H2,1-2H3,(H,18,19)(H2,16,17,20). The molecule has 1 aliphatic carbocycles. The molecule has 7 heteroatoms. The van der Waals surface area contributed by atoms with E-state index in [0.29, 0.717) is 6.42 Å². The minimum absolute atomic E-state index is 0.185. The minimum atomic E-state index is -0.830. The van der Waals surface area contributed by atoms with Crippen molar-refractivity contribution in [1.82, 2.24) is 15.6 Å². The molecule has 116 valence electrons. The Hall–Kier alpha value is -1.63. The smallest absolute Gasteiger partial charge is 0.315 e. The second-order valence-corrected chi connectivity index (χ2v) is 6.75. The Bertz CT molecular complexity index is 517. The molecular formula is C14H21N3O3S. The summed E-state index contributed by atoms with van der Waals surface area (Å²) in [5.41, 5.74) is 0. The second-order valence-electron chi connectivity index (χ2n) is 5.48. The third kappa shape index (κ3) is 4.17. The van der Waals surface area contributed by atoms with Gasteiger partial charge in [-0.15, -0.1) is 11.3 Å². The van der Waals surface area contributed by atoms with Gasteiger partial charge in [0.05, 0.1) is 12.0 Å². The molecule has 1 aliphatic rings. The molecule has 0 aliphatic heterocycles. The van der Waals surface area contributed by atoms with Gasteiger partial charge in [0.2, 0.25) is 0 Å². The maximum atomic E-state index is 12.0. The molecule has 2 amide bonds. The summed E-state index contributed by atoms with van der Waals surface area (Å²) < 4.78 is 0. The van der Waals surface area contributed by atoms with E-state index < -0.39 is 11.9 Å². The summed E-state index contributed by atoms with van der Waals surface area (Å²) in [6, 6.07) is -0.800. The number of hydrogen-bond acceptors (Lipinski definition) is 4. The van der Waals surface area contributed by atoms with E-state index >= 15 is 0 Å². The van der Waals surface area contributed by atoms with Crippen molar-refractivity contribution in [3.63, 3.8) is 0 Å². The molecule has 21 heavy (non-hydrogen) atoms. The van der Waals surface area contributed by atoms with Gasteiger partial charge in [0.25, 0.3) is 0 Å². The van der Waals surface area contributed by atoms with Crippen molar-refractivity contribution in [2.75, 3.05) is 0 Å². The highest BCUT2D eigenvalue weighted by Crippen LogP contribution is 2.25. The van der Waals surface area contributed by atoms with Crippen LogP contribution in [0.2, 0.25) is 0 Å². The zero-order valence-electron chi connectivity index (χ0n) is 12.3. The maximum absolute atomic E-state index is 12.0. The van der Waals surface area contributed by atoms with Crippen LogP contribution in [0.15, 0.2) is 6.20 Å². The molecule has 6 nitrogen and oxygen atoms in total. The molecule has 3 unspecified atom stereocenters. The Morgan fingerprint density at radius 3 is 2.76 bits per heavy atom. The maximum Gasteiger partial charge on any atom is 0.315 e. The van der Waals surface area contributed by atoms with Crippen LogP contribution in [0, 0.1) is 12.8 Å². The second kappa shape index (κ2) is 6.89. The number of rotatable bonds is 4. The van der Waals surface area contributed by atoms with E-state index in [0.717, 1.165) is 29.1 Å². The Labute approximate surface area is 128 Å². The van der Waals surface area contributed by atoms with Crippen LogP contribution in [0.4, 0.5) is 4.79 Å². The lowest BCUT2D eigenvalue weighted by atomic mass is 9.84. The number of carboxylic acid groups (broad SMARTS) is 1. The Balaban J connectivity index is 1.89. The number of hydrogen-bond donors (Lipinski definition) is 3. The number of amides is 2. The van der Waals surface area contributed by atoms with Crippen LogP contribution < -0.4 is 10.6 Å². The van der Waals surface area contributed by atoms with Gasteiger partial charge in [-0.3, -0.25) is 4.79 Å². The summed E-state index contributed by atoms with van der Waals surface area (Å²) in [5, 5.41) is 15.7. The van der Waals surface area contributed by atoms with Gasteiger partial charge in [-0.1, -0.05) is 12.8 Å². The van der Waals surface area contributed by atoms with Crippen LogP contribution in [0.5, 0.6) is 0 Å². The Morgan fingerprint density at radius 2 is 2.14 bits per heavy atom. The highest BCUT2D eigenvalue weighted by Gasteiger charge is 2.32. The largest absolute Gasteiger partial charge is 0.481 e. The first-order valence-electron chi connectivity index (χ1n) is 7.19. The molecule has 1 aromatic heterocycles. The van der Waals surface area contributed by atoms with E-state index in [1.54, 1.807) is 17.5 Å². The minimum Gasteiger partial charge on any atom is -0.481 e. The van der Waals surface area contributed by atoms with E-state index in [9.17, 15) is 14.7 Å². The lowest BCUT2D eigenvalue weighted by Crippen LogP contribution is -2.49. The van der Waals surface area contributed by atoms with Crippen molar-refractivity contribution in [3.05, 3.63) is 16.1 Å². The number of nitrogens with one attached hydrogen (secondary N) is 2. The van der Waals surface area contributed by atoms with Crippen molar-refractivity contribution in [3.8, 4) is 0 Å². The number of carbonyl (C=O) groups excluding carboxylic acids is 1. The quantitative estimate of drug-likeness (QED) is 0.796. The van der Waals surface area contributed by atoms with Crippen molar-refractivity contribution < 1.29 is 14.7 Å². The molecule has 1 heterocycles. The number of thiazole rings is 1. The van der Waals surface area contributed by atoms with Gasteiger partial charge in [-0.05, 0) is 26.7 Å². The van der Waals surface area contributed by atoms with Crippen molar-refractivity contribution in [1.29, 1.82) is 0 Å². The average molecular weight is 311 g/mol. The average Bonchev–Trinajstić information content (AvgIpc) is 2.85. The number of aryl methyl sites for hydroxylation is 1. The fourth-order valence-corrected chi connectivity index (χ4v) is 3.42. The fraction of sp³-hybridized carbons (Fsp3) is 0.643. The van der Waals surface area contributed by atoms with Crippen LogP contribution in [0.25, 0.3) is 0 Å². The zero-order valence-corrected chi connectivity index (χ0v) is 13.1. The molecule has 0 saturated heterocycles. The molecule has 3 atom stereocenters. The van der Waals surface area contributed by atoms with E-state index in [2.05, 4.69) is 15.6 Å². The number of carboxylic acids is 1. The number of aromatic nitrogens is 1. The van der Waals surface area contributed by atoms with Crippen molar-refractivity contribution in [2.24, 2.45) is 5.92 Å². The van der Waals surface area contributed by atoms with Gasteiger partial charge < -0.3 is 15.7 Å². The third-order valence-corrected chi connectivity index (χ3v) is 4.85. The first-order chi connectivity index (χ1) is 9.97. The Kier molecular flexibility index (Phi) is 5.17. The molecule has 0 aromatic carbocycles. The molecule has 0 spiro atoms. The first kappa shape index (κ1) is 15.8. The molecule has 1 saturated carbocycles. The fourth-order valence-electron chi connectivity index (χ4n) is 2.64. The van der Waals surface area contributed by atoms with Crippen LogP contribution in [0.3, 0.4) is 0 Å². The lowest BCUT2D eigenvalue weighted by molar-refractivity contribution is -0.143. The Morgan fingerprint density at radius 1 is 1.43 bits per heavy atom. The summed E-state index contributed by atoms with van der Waals surface area (Å²) in [6.07, 6.45) is 4.98. The van der Waals surface area contributed by atoms with Crippen LogP contribution in [-0.4, -0.2) is 28.1 Å². The van der Waals surface area contributed by atoms with E-state index in [1.165, 1.54) is 0 Å². The van der Waals surface area contributed by atoms with Gasteiger partial charge >= 0.3 is 12.0 Å². The summed E-state index contributed by atoms with van der Waals surface area (Å²) in [4.78, 5) is 28.6. The van der Waals surface area contributed by atoms with Gasteiger partial charge in [0.1, 0.15) is 5.01 Å². The summed E-state index contributed by atoms with van der Waals surface area (Å²) >= 11 is 1.54. The SMILES string of the molecule is Cc1cnc(C(C)NC(=O)NC2CCCCC2C(=O)O)s1. The predicted molar refractivity (Wildman–Crippen MR) is 80.3 cm³/mol. The number of nitrogens with zero attached hydrogens (tertiary/aromatic N) is 1. The van der Waals surface area contributed by atoms with Gasteiger partial charge in [0, 0.05) is 17.1 Å². The monoisotopic (exact) mass is 311 g/mol. The zero-order chi connectivity index (χ0) is 15.4. The number of aliphatic carboxylic acids is 1. The molecule has 3 N–H and O–H groups in total. The van der Waals surface area contributed by atoms with E-state index in [-0.39, 0.29) is 18.1 Å². The molecule has 1 fully saturated rings. The third-order valence-electron chi connectivity index (χ3n) is 3.76. The van der Waals surface area contributed by atoms with Gasteiger partial charge in [-0.2, -0.15) is 0 Å². The van der Waals surface area contributed by atoms with E-state index in [4.69, 9.17) is 0 Å². The molecule has 1 aromatic rings. The summed E-state index contributed by atoms with van der Waals surface area (Å²) in [6.45, 7) is 3.83. The lowest BCUT2D eigenvalue weighted by Gasteiger charge is -2.29. The van der Waals surface area contributed by atoms with Gasteiger partial charge in [-0.25, -0.2) is 9.78 Å². The summed E-state index contributed by atoms with van der Waals surface area (Å²) in [7, 11) is 0. The molecule has 0 bridgehead atoms. The van der Waals surface area contributed by atoms with Crippen LogP contribution in [0.1, 0.15) is 48.5 Å². The normalized spacial score (nSPS) is 23.3. The highest BCUT2D eigenvalue weighted by atomic mass is 32.1. The number of urea groups is 1. The topological polar surface area (TPSA) is 91.3 Å². The van der Waals surface area contributed by atoms with Crippen molar-refractivity contribution >= 4 is 23.3 Å². The first-order valence-corrected chi connectivity index (χ1v) is 8.01. The summed E-state index contributed by atoms with van der Waals surface area (Å²) in [5.74, 6) is -1.31. The van der Waals surface area contributed by atoms with Crippen LogP contribution >= 0.6 is 11.3 Å². The predicted octanol–water partition coefficient (Wildman–Crippen LogP) is 2.46. The molecule has 2 rings (SSSR count). The van der Waals surface area contributed by atoms with Crippen LogP contribution in [-0.2, 0) is 4.79 Å². The molecular weight excluding hydrogens is 290 g/mol. The van der Waals surface area contributed by atoms with E-state index in [1.807, 2.05) is 13.8 Å². The molecule has 0 radical (unpaired) electrons. The number of carbonyl (C=O) groups is 2. The van der Waals surface area contributed by atoms with Gasteiger partial charge in [0.15, 0.2) is 0 Å². The van der Waals surface area contributed by atoms with Crippen molar-refractivity contribution in [2.45, 2.75) is 51.6 Å². The highest BCUT2D eigenvalue weighted by molar-refractivity contribution is 7.11.